The first kappa shape index (κ1) is 21.3. The molecule has 0 fully saturated rings. The molecule has 0 spiro atoms. The van der Waals surface area contributed by atoms with E-state index in [1.165, 1.54) is 4.68 Å². The highest BCUT2D eigenvalue weighted by molar-refractivity contribution is 5.70. The van der Waals surface area contributed by atoms with Gasteiger partial charge in [0.05, 0.1) is 30.8 Å². The van der Waals surface area contributed by atoms with Crippen LogP contribution in [0.2, 0.25) is 0 Å². The highest BCUT2D eigenvalue weighted by Crippen LogP contribution is 2.29. The zero-order chi connectivity index (χ0) is 21.9. The molecule has 0 radical (unpaired) electrons. The number of rotatable bonds is 6. The van der Waals surface area contributed by atoms with Gasteiger partial charge < -0.3 is 10.4 Å². The Morgan fingerprint density at radius 3 is 2.70 bits per heavy atom. The van der Waals surface area contributed by atoms with Gasteiger partial charge in [-0.3, -0.25) is 4.68 Å². The zero-order valence-electron chi connectivity index (χ0n) is 16.3. The van der Waals surface area contributed by atoms with Crippen LogP contribution < -0.4 is 5.32 Å². The van der Waals surface area contributed by atoms with E-state index in [-0.39, 0.29) is 18.9 Å². The fraction of sp³-hybridized carbons (Fsp3) is 0.300. The lowest BCUT2D eigenvalue weighted by Crippen LogP contribution is -2.30. The van der Waals surface area contributed by atoms with Gasteiger partial charge in [-0.05, 0) is 43.2 Å². The zero-order valence-corrected chi connectivity index (χ0v) is 16.3. The van der Waals surface area contributed by atoms with Crippen molar-refractivity contribution in [3.8, 4) is 17.2 Å². The van der Waals surface area contributed by atoms with E-state index in [1.807, 2.05) is 19.1 Å². The molecular formula is C20H19F3N6O. The molecule has 1 aromatic carbocycles. The molecule has 0 saturated heterocycles. The summed E-state index contributed by atoms with van der Waals surface area (Å²) < 4.78 is 40.1. The summed E-state index contributed by atoms with van der Waals surface area (Å²) in [5.41, 5.74) is 0.673. The van der Waals surface area contributed by atoms with Crippen molar-refractivity contribution in [2.75, 3.05) is 5.32 Å². The molecule has 156 valence electrons. The van der Waals surface area contributed by atoms with Gasteiger partial charge in [-0.15, -0.1) is 0 Å². The van der Waals surface area contributed by atoms with Crippen LogP contribution in [-0.4, -0.2) is 30.5 Å². The number of benzene rings is 1. The molecule has 1 atom stereocenters. The summed E-state index contributed by atoms with van der Waals surface area (Å²) in [6, 6.07) is 8.14. The molecule has 7 nitrogen and oxygen atoms in total. The molecule has 0 aliphatic heterocycles. The summed E-state index contributed by atoms with van der Waals surface area (Å²) in [5, 5.41) is 26.0. The lowest BCUT2D eigenvalue weighted by atomic mass is 10.0. The number of aromatic nitrogens is 4. The highest BCUT2D eigenvalue weighted by Gasteiger charge is 2.32. The monoisotopic (exact) mass is 416 g/mol. The maximum atomic E-state index is 12.9. The van der Waals surface area contributed by atoms with Crippen molar-refractivity contribution in [2.45, 2.75) is 38.6 Å². The standard InChI is InChI=1S/C20H19F3N6O/c1-13-7-14(15-10-26-29(11-15)12-19(2,30)4-5-24)9-16(8-13)27-18-25-6-3-17(28-18)20(21,22)23/h3,6-11,30H,4,12H2,1-2H3,(H,25,27,28)/t19-/m1/s1. The molecule has 3 aromatic rings. The first-order valence-electron chi connectivity index (χ1n) is 8.97. The van der Waals surface area contributed by atoms with E-state index in [4.69, 9.17) is 5.26 Å². The number of hydrogen-bond donors (Lipinski definition) is 2. The van der Waals surface area contributed by atoms with E-state index in [0.717, 1.165) is 29.0 Å². The summed E-state index contributed by atoms with van der Waals surface area (Å²) in [7, 11) is 0. The van der Waals surface area contributed by atoms with Crippen LogP contribution in [0.3, 0.4) is 0 Å². The quantitative estimate of drug-likeness (QED) is 0.628. The van der Waals surface area contributed by atoms with Gasteiger partial charge in [-0.1, -0.05) is 6.07 Å². The van der Waals surface area contributed by atoms with Crippen LogP contribution in [-0.2, 0) is 12.7 Å². The number of anilines is 2. The van der Waals surface area contributed by atoms with Gasteiger partial charge in [0.25, 0.3) is 0 Å². The number of aryl methyl sites for hydroxylation is 1. The van der Waals surface area contributed by atoms with Gasteiger partial charge in [-0.2, -0.15) is 23.5 Å². The number of nitrogens with one attached hydrogen (secondary N) is 1. The number of alkyl halides is 3. The van der Waals surface area contributed by atoms with Crippen molar-refractivity contribution in [3.05, 3.63) is 54.1 Å². The Bertz CT molecular complexity index is 1080. The Morgan fingerprint density at radius 1 is 1.23 bits per heavy atom. The molecule has 0 aliphatic carbocycles. The second-order valence-corrected chi connectivity index (χ2v) is 7.23. The second kappa shape index (κ2) is 8.12. The molecule has 0 saturated carbocycles. The Morgan fingerprint density at radius 2 is 2.00 bits per heavy atom. The van der Waals surface area contributed by atoms with Crippen molar-refractivity contribution < 1.29 is 18.3 Å². The fourth-order valence-electron chi connectivity index (χ4n) is 2.90. The van der Waals surface area contributed by atoms with E-state index in [2.05, 4.69) is 20.4 Å². The number of nitriles is 1. The van der Waals surface area contributed by atoms with Crippen LogP contribution in [0.1, 0.15) is 24.6 Å². The van der Waals surface area contributed by atoms with Crippen LogP contribution in [0, 0.1) is 18.3 Å². The molecule has 0 bridgehead atoms. The van der Waals surface area contributed by atoms with E-state index in [0.29, 0.717) is 5.69 Å². The molecule has 10 heteroatoms. The maximum absolute atomic E-state index is 12.9. The summed E-state index contributed by atoms with van der Waals surface area (Å²) in [6.45, 7) is 3.56. The van der Waals surface area contributed by atoms with Crippen molar-refractivity contribution >= 4 is 11.6 Å². The van der Waals surface area contributed by atoms with Crippen molar-refractivity contribution in [2.24, 2.45) is 0 Å². The third-order valence-corrected chi connectivity index (χ3v) is 4.21. The van der Waals surface area contributed by atoms with E-state index < -0.39 is 17.5 Å². The first-order valence-corrected chi connectivity index (χ1v) is 8.97. The number of halogens is 3. The molecule has 2 N–H and O–H groups in total. The van der Waals surface area contributed by atoms with Gasteiger partial charge in [0.15, 0.2) is 0 Å². The lowest BCUT2D eigenvalue weighted by molar-refractivity contribution is -0.141. The molecular weight excluding hydrogens is 397 g/mol. The molecule has 0 aliphatic rings. The molecule has 30 heavy (non-hydrogen) atoms. The predicted octanol–water partition coefficient (Wildman–Crippen LogP) is 4.08. The smallest absolute Gasteiger partial charge is 0.387 e. The van der Waals surface area contributed by atoms with Crippen molar-refractivity contribution in [3.63, 3.8) is 0 Å². The van der Waals surface area contributed by atoms with Gasteiger partial charge in [-0.25, -0.2) is 9.97 Å². The predicted molar refractivity (Wildman–Crippen MR) is 104 cm³/mol. The average Bonchev–Trinajstić information content (AvgIpc) is 3.08. The summed E-state index contributed by atoms with van der Waals surface area (Å²) >= 11 is 0. The summed E-state index contributed by atoms with van der Waals surface area (Å²) in [4.78, 5) is 7.36. The Kier molecular flexibility index (Phi) is 5.75. The van der Waals surface area contributed by atoms with Gasteiger partial charge >= 0.3 is 6.18 Å². The largest absolute Gasteiger partial charge is 0.433 e. The average molecular weight is 416 g/mol. The number of nitrogens with zero attached hydrogens (tertiary/aromatic N) is 5. The molecule has 0 amide bonds. The van der Waals surface area contributed by atoms with Crippen molar-refractivity contribution in [1.29, 1.82) is 5.26 Å². The van der Waals surface area contributed by atoms with Crippen LogP contribution in [0.4, 0.5) is 24.8 Å². The minimum atomic E-state index is -4.56. The van der Waals surface area contributed by atoms with Crippen LogP contribution in [0.5, 0.6) is 0 Å². The maximum Gasteiger partial charge on any atom is 0.433 e. The molecule has 0 unspecified atom stereocenters. The summed E-state index contributed by atoms with van der Waals surface area (Å²) in [6.07, 6.45) is -0.199. The Labute approximate surface area is 170 Å². The number of hydrogen-bond acceptors (Lipinski definition) is 6. The SMILES string of the molecule is Cc1cc(Nc2nccc(C(F)(F)F)n2)cc(-c2cnn(C[C@](C)(O)CC#N)c2)c1. The Hall–Kier alpha value is -3.45. The lowest BCUT2D eigenvalue weighted by Gasteiger charge is -2.19. The highest BCUT2D eigenvalue weighted by atomic mass is 19.4. The van der Waals surface area contributed by atoms with Gasteiger partial charge in [0.2, 0.25) is 5.95 Å². The third kappa shape index (κ3) is 5.33. The van der Waals surface area contributed by atoms with E-state index >= 15 is 0 Å². The van der Waals surface area contributed by atoms with Crippen LogP contribution in [0.15, 0.2) is 42.9 Å². The van der Waals surface area contributed by atoms with Crippen LogP contribution >= 0.6 is 0 Å². The minimum Gasteiger partial charge on any atom is -0.387 e. The topological polar surface area (TPSA) is 99.7 Å². The Balaban J connectivity index is 1.84. The van der Waals surface area contributed by atoms with Crippen molar-refractivity contribution in [1.82, 2.24) is 19.7 Å². The van der Waals surface area contributed by atoms with Gasteiger partial charge in [0.1, 0.15) is 5.69 Å². The minimum absolute atomic E-state index is 0.0301. The van der Waals surface area contributed by atoms with Crippen LogP contribution in [0.25, 0.3) is 11.1 Å². The van der Waals surface area contributed by atoms with E-state index in [9.17, 15) is 18.3 Å². The fourth-order valence-corrected chi connectivity index (χ4v) is 2.90. The molecule has 3 rings (SSSR count). The molecule has 2 heterocycles. The van der Waals surface area contributed by atoms with Gasteiger partial charge in [0, 0.05) is 23.6 Å². The first-order chi connectivity index (χ1) is 14.1. The van der Waals surface area contributed by atoms with E-state index in [1.54, 1.807) is 31.5 Å². The normalized spacial score (nSPS) is 13.5. The summed E-state index contributed by atoms with van der Waals surface area (Å²) in [5.74, 6) is -0.162. The molecule has 2 aromatic heterocycles. The third-order valence-electron chi connectivity index (χ3n) is 4.21. The number of aliphatic hydroxyl groups is 1. The second-order valence-electron chi connectivity index (χ2n) is 7.23.